The van der Waals surface area contributed by atoms with Crippen molar-refractivity contribution in [1.29, 1.82) is 0 Å². The van der Waals surface area contributed by atoms with Crippen LogP contribution in [0.4, 0.5) is 11.5 Å². The summed E-state index contributed by atoms with van der Waals surface area (Å²) >= 11 is 0. The molecule has 4 heterocycles. The number of aryl methyl sites for hydroxylation is 2. The normalized spacial score (nSPS) is 11.0. The number of aromatic amines is 1. The van der Waals surface area contributed by atoms with E-state index in [0.717, 1.165) is 22.4 Å². The molecule has 0 radical (unpaired) electrons. The van der Waals surface area contributed by atoms with Gasteiger partial charge < -0.3 is 10.6 Å². The lowest BCUT2D eigenvalue weighted by molar-refractivity contribution is 0.0957. The number of Topliss-reactive ketones (excluding diaryl/α,β-unsaturated/α-hetero) is 1. The molecule has 11 heteroatoms. The first kappa shape index (κ1) is 22.8. The highest BCUT2D eigenvalue weighted by atomic mass is 16.2. The second-order valence-corrected chi connectivity index (χ2v) is 8.28. The molecule has 0 saturated heterocycles. The highest BCUT2D eigenvalue weighted by molar-refractivity contribution is 6.05. The number of hydrogen-bond donors (Lipinski definition) is 3. The summed E-state index contributed by atoms with van der Waals surface area (Å²) in [7, 11) is 1.53. The lowest BCUT2D eigenvalue weighted by Crippen LogP contribution is -2.19. The second-order valence-electron chi connectivity index (χ2n) is 8.28. The average Bonchev–Trinajstić information content (AvgIpc) is 3.47. The highest BCUT2D eigenvalue weighted by Gasteiger charge is 2.24. The highest BCUT2D eigenvalue weighted by Crippen LogP contribution is 2.30. The third kappa shape index (κ3) is 4.06. The molecule has 36 heavy (non-hydrogen) atoms. The topological polar surface area (TPSA) is 143 Å². The van der Waals surface area contributed by atoms with E-state index in [1.807, 2.05) is 41.8 Å². The van der Waals surface area contributed by atoms with Gasteiger partial charge in [-0.3, -0.25) is 19.3 Å². The van der Waals surface area contributed by atoms with Crippen molar-refractivity contribution in [3.8, 4) is 17.1 Å². The van der Waals surface area contributed by atoms with Gasteiger partial charge in [0.1, 0.15) is 12.1 Å². The number of ketones is 1. The number of carbonyl (C=O) groups excluding carboxylic acids is 2. The Labute approximate surface area is 206 Å². The minimum atomic E-state index is -0.373. The zero-order valence-electron chi connectivity index (χ0n) is 20.1. The van der Waals surface area contributed by atoms with Crippen LogP contribution in [-0.4, -0.2) is 53.7 Å². The smallest absolute Gasteiger partial charge is 0.272 e. The molecule has 4 aromatic heterocycles. The molecule has 0 unspecified atom stereocenters. The quantitative estimate of drug-likeness (QED) is 0.313. The molecule has 0 aliphatic carbocycles. The van der Waals surface area contributed by atoms with E-state index in [0.29, 0.717) is 34.2 Å². The van der Waals surface area contributed by atoms with Crippen LogP contribution >= 0.6 is 0 Å². The van der Waals surface area contributed by atoms with Gasteiger partial charge in [0.15, 0.2) is 17.3 Å². The first-order chi connectivity index (χ1) is 17.4. The summed E-state index contributed by atoms with van der Waals surface area (Å²) in [6.45, 7) is 5.13. The van der Waals surface area contributed by atoms with E-state index in [-0.39, 0.29) is 17.4 Å². The lowest BCUT2D eigenvalue weighted by Gasteiger charge is -2.11. The van der Waals surface area contributed by atoms with Crippen LogP contribution in [0.15, 0.2) is 48.8 Å². The lowest BCUT2D eigenvalue weighted by atomic mass is 10.0. The average molecular weight is 482 g/mol. The number of nitrogens with zero attached hydrogens (tertiary/aromatic N) is 6. The predicted molar refractivity (Wildman–Crippen MR) is 135 cm³/mol. The molecule has 0 aliphatic rings. The molecular formula is C25H23N9O2. The van der Waals surface area contributed by atoms with E-state index in [9.17, 15) is 9.59 Å². The zero-order valence-corrected chi connectivity index (χ0v) is 20.1. The first-order valence-corrected chi connectivity index (χ1v) is 11.2. The van der Waals surface area contributed by atoms with E-state index >= 15 is 0 Å². The number of amides is 1. The standard InChI is InChI=1S/C25H23N9O2/c1-13-5-9-20(32-30-13)28-16-6-8-19-18(11-16)27-12-34(19)21-10-7-17(15(3)35)23(29-21)22-14(2)31-33-24(22)25(36)26-4/h5-12H,1-4H3,(H,26,36)(H,28,32)(H,31,33). The van der Waals surface area contributed by atoms with E-state index in [1.165, 1.54) is 14.0 Å². The molecule has 5 rings (SSSR count). The molecule has 1 amide bonds. The third-order valence-electron chi connectivity index (χ3n) is 5.75. The molecule has 3 N–H and O–H groups in total. The first-order valence-electron chi connectivity index (χ1n) is 11.2. The number of fused-ring (bicyclic) bond motifs is 1. The maximum absolute atomic E-state index is 12.4. The van der Waals surface area contributed by atoms with E-state index < -0.39 is 0 Å². The summed E-state index contributed by atoms with van der Waals surface area (Å²) in [6.07, 6.45) is 1.67. The number of hydrogen-bond acceptors (Lipinski definition) is 8. The Bertz CT molecular complexity index is 1620. The van der Waals surface area contributed by atoms with Crippen molar-refractivity contribution in [2.75, 3.05) is 12.4 Å². The minimum absolute atomic E-state index is 0.169. The van der Waals surface area contributed by atoms with Crippen LogP contribution in [0.5, 0.6) is 0 Å². The van der Waals surface area contributed by atoms with Crippen LogP contribution in [0.3, 0.4) is 0 Å². The van der Waals surface area contributed by atoms with Gasteiger partial charge in [-0.25, -0.2) is 9.97 Å². The number of carbonyl (C=O) groups is 2. The molecule has 1 aromatic carbocycles. The van der Waals surface area contributed by atoms with Crippen LogP contribution in [-0.2, 0) is 0 Å². The zero-order chi connectivity index (χ0) is 25.4. The number of rotatable bonds is 6. The van der Waals surface area contributed by atoms with Gasteiger partial charge in [0.05, 0.1) is 28.0 Å². The minimum Gasteiger partial charge on any atom is -0.354 e. The maximum atomic E-state index is 12.4. The number of aromatic nitrogens is 7. The molecular weight excluding hydrogens is 458 g/mol. The Kier molecular flexibility index (Phi) is 5.72. The number of H-pyrrole nitrogens is 1. The number of anilines is 2. The van der Waals surface area contributed by atoms with E-state index in [1.54, 1.807) is 25.4 Å². The van der Waals surface area contributed by atoms with Crippen molar-refractivity contribution in [2.24, 2.45) is 0 Å². The van der Waals surface area contributed by atoms with Gasteiger partial charge in [-0.1, -0.05) is 0 Å². The van der Waals surface area contributed by atoms with E-state index in [4.69, 9.17) is 4.98 Å². The fourth-order valence-electron chi connectivity index (χ4n) is 3.95. The molecule has 0 fully saturated rings. The van der Waals surface area contributed by atoms with Crippen molar-refractivity contribution in [2.45, 2.75) is 20.8 Å². The summed E-state index contributed by atoms with van der Waals surface area (Å²) in [4.78, 5) is 34.2. The Balaban J connectivity index is 1.58. The molecule has 0 saturated carbocycles. The molecule has 180 valence electrons. The predicted octanol–water partition coefficient (Wildman–Crippen LogP) is 3.52. The van der Waals surface area contributed by atoms with Gasteiger partial charge in [0.25, 0.3) is 5.91 Å². The molecule has 0 bridgehead atoms. The SMILES string of the molecule is CNC(=O)c1n[nH]c(C)c1-c1nc(-n2cnc3cc(Nc4ccc(C)nn4)ccc32)ccc1C(C)=O. The molecule has 0 aliphatic heterocycles. The molecule has 0 atom stereocenters. The molecule has 0 spiro atoms. The fraction of sp³-hybridized carbons (Fsp3) is 0.160. The second kappa shape index (κ2) is 9.02. The summed E-state index contributed by atoms with van der Waals surface area (Å²) in [5.41, 5.74) is 5.27. The molecule has 11 nitrogen and oxygen atoms in total. The molecule has 5 aromatic rings. The monoisotopic (exact) mass is 481 g/mol. The number of benzene rings is 1. The number of pyridine rings is 1. The van der Waals surface area contributed by atoms with Crippen LogP contribution in [0, 0.1) is 13.8 Å². The van der Waals surface area contributed by atoms with Gasteiger partial charge in [-0.2, -0.15) is 10.2 Å². The van der Waals surface area contributed by atoms with Gasteiger partial charge in [0, 0.05) is 24.0 Å². The number of nitrogens with one attached hydrogen (secondary N) is 3. The fourth-order valence-corrected chi connectivity index (χ4v) is 3.95. The summed E-state index contributed by atoms with van der Waals surface area (Å²) in [5.74, 6) is 0.638. The van der Waals surface area contributed by atoms with Crippen molar-refractivity contribution in [3.05, 3.63) is 71.4 Å². The van der Waals surface area contributed by atoms with Gasteiger partial charge in [-0.15, -0.1) is 5.10 Å². The van der Waals surface area contributed by atoms with Crippen molar-refractivity contribution >= 4 is 34.2 Å². The van der Waals surface area contributed by atoms with Crippen LogP contribution in [0.1, 0.15) is 39.2 Å². The Morgan fingerprint density at radius 1 is 1.03 bits per heavy atom. The van der Waals surface area contributed by atoms with Crippen molar-refractivity contribution in [1.82, 2.24) is 40.2 Å². The van der Waals surface area contributed by atoms with Crippen molar-refractivity contribution in [3.63, 3.8) is 0 Å². The Morgan fingerprint density at radius 3 is 2.58 bits per heavy atom. The Morgan fingerprint density at radius 2 is 1.86 bits per heavy atom. The maximum Gasteiger partial charge on any atom is 0.272 e. The van der Waals surface area contributed by atoms with Gasteiger partial charge in [0.2, 0.25) is 0 Å². The van der Waals surface area contributed by atoms with E-state index in [2.05, 4.69) is 36.0 Å². The Hall–Kier alpha value is -4.93. The largest absolute Gasteiger partial charge is 0.354 e. The third-order valence-corrected chi connectivity index (χ3v) is 5.75. The van der Waals surface area contributed by atoms with Crippen molar-refractivity contribution < 1.29 is 9.59 Å². The summed E-state index contributed by atoms with van der Waals surface area (Å²) in [5, 5.41) is 21.0. The summed E-state index contributed by atoms with van der Waals surface area (Å²) < 4.78 is 1.83. The van der Waals surface area contributed by atoms with Crippen LogP contribution < -0.4 is 10.6 Å². The van der Waals surface area contributed by atoms with Gasteiger partial charge >= 0.3 is 0 Å². The van der Waals surface area contributed by atoms with Gasteiger partial charge in [-0.05, 0) is 63.2 Å². The van der Waals surface area contributed by atoms with Crippen LogP contribution in [0.25, 0.3) is 28.1 Å². The van der Waals surface area contributed by atoms with Crippen LogP contribution in [0.2, 0.25) is 0 Å². The number of imidazole rings is 1. The summed E-state index contributed by atoms with van der Waals surface area (Å²) in [6, 6.07) is 12.9.